The van der Waals surface area contributed by atoms with E-state index in [1.165, 1.54) is 0 Å². The molecule has 0 aliphatic rings. The molecule has 0 atom stereocenters. The van der Waals surface area contributed by atoms with Crippen molar-refractivity contribution in [3.05, 3.63) is 95.5 Å². The van der Waals surface area contributed by atoms with Gasteiger partial charge < -0.3 is 23.8 Å². The molecule has 0 fully saturated rings. The molecule has 0 saturated heterocycles. The van der Waals surface area contributed by atoms with Gasteiger partial charge in [0, 0.05) is 29.7 Å². The minimum absolute atomic E-state index is 0. The molecular formula is C25H21N2NaO5. The number of aryl methyl sites for hydroxylation is 1. The van der Waals surface area contributed by atoms with Gasteiger partial charge in [0.15, 0.2) is 0 Å². The van der Waals surface area contributed by atoms with E-state index in [4.69, 9.17) is 13.9 Å². The molecule has 162 valence electrons. The van der Waals surface area contributed by atoms with Gasteiger partial charge in [0.05, 0.1) is 0 Å². The van der Waals surface area contributed by atoms with E-state index in [1.54, 1.807) is 18.3 Å². The second-order valence-electron chi connectivity index (χ2n) is 7.13. The Morgan fingerprint density at radius 3 is 2.45 bits per heavy atom. The Morgan fingerprint density at radius 1 is 0.970 bits per heavy atom. The Bertz CT molecular complexity index is 1190. The summed E-state index contributed by atoms with van der Waals surface area (Å²) in [6.07, 6.45) is 1.31. The molecular weight excluding hydrogens is 431 g/mol. The van der Waals surface area contributed by atoms with Gasteiger partial charge in [-0.2, -0.15) is 0 Å². The fourth-order valence-electron chi connectivity index (χ4n) is 3.10. The number of oxazole rings is 1. The number of aliphatic carboxylic acids is 1. The predicted octanol–water partition coefficient (Wildman–Crippen LogP) is 0.499. The van der Waals surface area contributed by atoms with Gasteiger partial charge in [0.1, 0.15) is 30.4 Å². The van der Waals surface area contributed by atoms with Crippen molar-refractivity contribution in [2.45, 2.75) is 26.6 Å². The van der Waals surface area contributed by atoms with Crippen molar-refractivity contribution >= 4 is 5.97 Å². The van der Waals surface area contributed by atoms with Crippen LogP contribution in [-0.2, 0) is 24.4 Å². The number of carbonyl (C=O) groups excluding carboxylic acids is 1. The third-order valence-electron chi connectivity index (χ3n) is 4.77. The number of pyridine rings is 1. The molecule has 2 aromatic heterocycles. The summed E-state index contributed by atoms with van der Waals surface area (Å²) in [5.74, 6) is 1.08. The molecule has 4 aromatic rings. The fraction of sp³-hybridized carbons (Fsp3) is 0.160. The smallest absolute Gasteiger partial charge is 0.550 e. The van der Waals surface area contributed by atoms with Gasteiger partial charge in [-0.05, 0) is 42.8 Å². The van der Waals surface area contributed by atoms with Crippen LogP contribution in [0.3, 0.4) is 0 Å². The van der Waals surface area contributed by atoms with E-state index in [-0.39, 0.29) is 48.5 Å². The number of carbonyl (C=O) groups is 1. The van der Waals surface area contributed by atoms with E-state index < -0.39 is 5.97 Å². The summed E-state index contributed by atoms with van der Waals surface area (Å²) in [6, 6.07) is 20.5. The van der Waals surface area contributed by atoms with Crippen LogP contribution in [0.4, 0.5) is 0 Å². The predicted molar refractivity (Wildman–Crippen MR) is 115 cm³/mol. The van der Waals surface area contributed by atoms with Crippen LogP contribution in [0.25, 0.3) is 11.5 Å². The van der Waals surface area contributed by atoms with Gasteiger partial charge in [-0.1, -0.05) is 36.4 Å². The van der Waals surface area contributed by atoms with E-state index in [1.807, 2.05) is 61.5 Å². The molecule has 0 radical (unpaired) electrons. The second-order valence-corrected chi connectivity index (χ2v) is 7.13. The Balaban J connectivity index is 0.00000306. The molecule has 4 rings (SSSR count). The minimum atomic E-state index is -1.18. The van der Waals surface area contributed by atoms with Crippen LogP contribution in [0, 0.1) is 6.92 Å². The molecule has 0 aliphatic heterocycles. The van der Waals surface area contributed by atoms with Gasteiger partial charge >= 0.3 is 29.6 Å². The summed E-state index contributed by atoms with van der Waals surface area (Å²) in [5.41, 5.74) is 3.03. The number of ether oxygens (including phenoxy) is 2. The summed E-state index contributed by atoms with van der Waals surface area (Å²) >= 11 is 0. The van der Waals surface area contributed by atoms with E-state index in [2.05, 4.69) is 9.97 Å². The van der Waals surface area contributed by atoms with Crippen LogP contribution in [0.15, 0.2) is 77.3 Å². The van der Waals surface area contributed by atoms with Crippen molar-refractivity contribution in [3.63, 3.8) is 0 Å². The van der Waals surface area contributed by atoms with Gasteiger partial charge in [0.2, 0.25) is 11.8 Å². The number of carboxylic acids is 1. The van der Waals surface area contributed by atoms with Crippen LogP contribution in [0.1, 0.15) is 22.6 Å². The Hall–Kier alpha value is -3.13. The van der Waals surface area contributed by atoms with E-state index in [0.717, 1.165) is 22.6 Å². The maximum Gasteiger partial charge on any atom is 1.00 e. The SMILES string of the molecule is Cc1oc(-c2ccccc2)nc1COc1ccc(COc2ncccc2CC(=O)[O-])cc1.[Na+]. The standard InChI is InChI=1S/C25H22N2O5.Na/c1-17-22(27-25(32-17)19-6-3-2-4-7-19)16-30-21-11-9-18(10-12-21)15-31-24-20(14-23(28)29)8-5-13-26-24;/h2-13H,14-16H2,1H3,(H,28,29);/q;+1/p-1. The molecule has 8 heteroatoms. The van der Waals surface area contributed by atoms with Crippen molar-refractivity contribution in [1.82, 2.24) is 9.97 Å². The number of rotatable bonds is 9. The molecule has 0 bridgehead atoms. The van der Waals surface area contributed by atoms with E-state index in [0.29, 0.717) is 23.8 Å². The molecule has 0 spiro atoms. The van der Waals surface area contributed by atoms with E-state index in [9.17, 15) is 9.90 Å². The van der Waals surface area contributed by atoms with Crippen molar-refractivity contribution in [3.8, 4) is 23.1 Å². The summed E-state index contributed by atoms with van der Waals surface area (Å²) in [4.78, 5) is 19.5. The monoisotopic (exact) mass is 452 g/mol. The first kappa shape index (κ1) is 24.5. The zero-order valence-electron chi connectivity index (χ0n) is 18.5. The minimum Gasteiger partial charge on any atom is -0.550 e. The number of hydrogen-bond acceptors (Lipinski definition) is 7. The normalized spacial score (nSPS) is 10.3. The van der Waals surface area contributed by atoms with Gasteiger partial charge in [-0.15, -0.1) is 0 Å². The molecule has 2 heterocycles. The van der Waals surface area contributed by atoms with Crippen LogP contribution >= 0.6 is 0 Å². The average Bonchev–Trinajstić information content (AvgIpc) is 3.18. The number of nitrogens with zero attached hydrogens (tertiary/aromatic N) is 2. The van der Waals surface area contributed by atoms with Crippen molar-refractivity contribution in [1.29, 1.82) is 0 Å². The molecule has 0 unspecified atom stereocenters. The second kappa shape index (κ2) is 11.7. The van der Waals surface area contributed by atoms with Crippen LogP contribution in [-0.4, -0.2) is 15.9 Å². The maximum atomic E-state index is 10.9. The zero-order valence-corrected chi connectivity index (χ0v) is 20.5. The van der Waals surface area contributed by atoms with Crippen LogP contribution < -0.4 is 44.1 Å². The van der Waals surface area contributed by atoms with E-state index >= 15 is 0 Å². The van der Waals surface area contributed by atoms with Gasteiger partial charge in [-0.3, -0.25) is 0 Å². The van der Waals surface area contributed by atoms with Crippen molar-refractivity contribution in [2.24, 2.45) is 0 Å². The summed E-state index contributed by atoms with van der Waals surface area (Å²) in [5, 5.41) is 10.9. The number of benzene rings is 2. The number of carboxylic acid groups (broad SMARTS) is 1. The first-order valence-corrected chi connectivity index (χ1v) is 10.1. The van der Waals surface area contributed by atoms with Crippen LogP contribution in [0.2, 0.25) is 0 Å². The summed E-state index contributed by atoms with van der Waals surface area (Å²) in [7, 11) is 0. The average molecular weight is 452 g/mol. The van der Waals surface area contributed by atoms with Crippen molar-refractivity contribution < 1.29 is 53.3 Å². The summed E-state index contributed by atoms with van der Waals surface area (Å²) < 4.78 is 17.3. The third-order valence-corrected chi connectivity index (χ3v) is 4.77. The first-order valence-electron chi connectivity index (χ1n) is 10.1. The van der Waals surface area contributed by atoms with Gasteiger partial charge in [-0.25, -0.2) is 9.97 Å². The number of aromatic nitrogens is 2. The molecule has 2 aromatic carbocycles. The van der Waals surface area contributed by atoms with Crippen LogP contribution in [0.5, 0.6) is 11.6 Å². The topological polar surface area (TPSA) is 97.5 Å². The molecule has 0 N–H and O–H groups in total. The Kier molecular flexibility index (Phi) is 8.65. The fourth-order valence-corrected chi connectivity index (χ4v) is 3.10. The molecule has 0 saturated carbocycles. The zero-order chi connectivity index (χ0) is 22.3. The first-order chi connectivity index (χ1) is 15.6. The Morgan fingerprint density at radius 2 is 1.73 bits per heavy atom. The third kappa shape index (κ3) is 6.68. The molecule has 33 heavy (non-hydrogen) atoms. The molecule has 0 aliphatic carbocycles. The largest absolute Gasteiger partial charge is 1.00 e. The van der Waals surface area contributed by atoms with Gasteiger partial charge in [0.25, 0.3) is 0 Å². The number of hydrogen-bond donors (Lipinski definition) is 0. The quantitative estimate of drug-likeness (QED) is 0.341. The molecule has 7 nitrogen and oxygen atoms in total. The maximum absolute atomic E-state index is 10.9. The Labute approximate surface area is 213 Å². The molecule has 0 amide bonds. The summed E-state index contributed by atoms with van der Waals surface area (Å²) in [6.45, 7) is 2.41. The van der Waals surface area contributed by atoms with Crippen molar-refractivity contribution in [2.75, 3.05) is 0 Å².